The summed E-state index contributed by atoms with van der Waals surface area (Å²) in [5.74, 6) is 0. The van der Waals surface area contributed by atoms with E-state index < -0.39 is 0 Å². The predicted octanol–water partition coefficient (Wildman–Crippen LogP) is 1.04. The molecule has 0 atom stereocenters. The van der Waals surface area contributed by atoms with Crippen LogP contribution in [0.2, 0.25) is 0 Å². The van der Waals surface area contributed by atoms with Crippen LogP contribution in [-0.4, -0.2) is 36.7 Å². The molecule has 5 nitrogen and oxygen atoms in total. The number of hydrogen-bond donors (Lipinski definition) is 1. The van der Waals surface area contributed by atoms with Crippen molar-refractivity contribution in [2.75, 3.05) is 20.8 Å². The van der Waals surface area contributed by atoms with Crippen LogP contribution < -0.4 is 5.32 Å². The number of rotatable bonds is 6. The molecule has 0 aliphatic carbocycles. The zero-order valence-corrected chi connectivity index (χ0v) is 10.1. The van der Waals surface area contributed by atoms with Gasteiger partial charge in [0.25, 0.3) is 0 Å². The van der Waals surface area contributed by atoms with Crippen LogP contribution in [0.15, 0.2) is 30.6 Å². The highest BCUT2D eigenvalue weighted by Crippen LogP contribution is 2.09. The summed E-state index contributed by atoms with van der Waals surface area (Å²) in [5, 5.41) is 7.55. The molecule has 0 aliphatic rings. The molecule has 0 unspecified atom stereocenters. The van der Waals surface area contributed by atoms with E-state index in [4.69, 9.17) is 9.47 Å². The zero-order valence-electron chi connectivity index (χ0n) is 10.1. The first-order chi connectivity index (χ1) is 8.35. The zero-order chi connectivity index (χ0) is 12.1. The topological polar surface area (TPSA) is 47.8 Å². The van der Waals surface area contributed by atoms with Crippen LogP contribution in [0.4, 0.5) is 0 Å². The first kappa shape index (κ1) is 12.0. The molecule has 2 heterocycles. The van der Waals surface area contributed by atoms with Crippen LogP contribution in [0.3, 0.4) is 0 Å². The minimum absolute atomic E-state index is 0.211. The van der Waals surface area contributed by atoms with Gasteiger partial charge in [0.05, 0.1) is 11.7 Å². The van der Waals surface area contributed by atoms with Crippen molar-refractivity contribution in [3.8, 4) is 0 Å². The maximum absolute atomic E-state index is 5.10. The highest BCUT2D eigenvalue weighted by Gasteiger charge is 2.06. The van der Waals surface area contributed by atoms with E-state index in [9.17, 15) is 0 Å². The number of pyridine rings is 1. The minimum Gasteiger partial charge on any atom is -0.355 e. The Balaban J connectivity index is 1.95. The van der Waals surface area contributed by atoms with Crippen molar-refractivity contribution in [2.45, 2.75) is 12.8 Å². The van der Waals surface area contributed by atoms with Crippen molar-refractivity contribution < 1.29 is 9.47 Å². The van der Waals surface area contributed by atoms with E-state index in [0.29, 0.717) is 6.54 Å². The number of hydrogen-bond acceptors (Lipinski definition) is 4. The van der Waals surface area contributed by atoms with Gasteiger partial charge in [-0.2, -0.15) is 5.10 Å². The summed E-state index contributed by atoms with van der Waals surface area (Å²) in [4.78, 5) is 0. The average molecular weight is 235 g/mol. The molecule has 0 spiro atoms. The predicted molar refractivity (Wildman–Crippen MR) is 64.7 cm³/mol. The van der Waals surface area contributed by atoms with Gasteiger partial charge in [-0.25, -0.2) is 4.52 Å². The van der Waals surface area contributed by atoms with Gasteiger partial charge in [0.2, 0.25) is 0 Å². The van der Waals surface area contributed by atoms with Crippen molar-refractivity contribution in [1.82, 2.24) is 14.9 Å². The van der Waals surface area contributed by atoms with E-state index in [1.54, 1.807) is 14.2 Å². The van der Waals surface area contributed by atoms with Crippen molar-refractivity contribution in [3.05, 3.63) is 36.2 Å². The molecule has 2 aromatic heterocycles. The quantitative estimate of drug-likeness (QED) is 0.760. The molecule has 0 amide bonds. The Bertz CT molecular complexity index is 465. The normalized spacial score (nSPS) is 11.5. The third kappa shape index (κ3) is 2.82. The number of ether oxygens (including phenoxy) is 2. The highest BCUT2D eigenvalue weighted by molar-refractivity contribution is 5.53. The lowest BCUT2D eigenvalue weighted by Gasteiger charge is -2.13. The van der Waals surface area contributed by atoms with Crippen LogP contribution >= 0.6 is 0 Å². The van der Waals surface area contributed by atoms with Crippen LogP contribution in [0, 0.1) is 0 Å². The number of nitrogens with one attached hydrogen (secondary N) is 1. The number of aromatic nitrogens is 2. The Morgan fingerprint density at radius 1 is 1.35 bits per heavy atom. The summed E-state index contributed by atoms with van der Waals surface area (Å²) < 4.78 is 12.1. The van der Waals surface area contributed by atoms with Crippen LogP contribution in [0.25, 0.3) is 5.52 Å². The smallest absolute Gasteiger partial charge is 0.169 e. The molecule has 92 valence electrons. The summed E-state index contributed by atoms with van der Waals surface area (Å²) in [7, 11) is 3.26. The third-order valence-corrected chi connectivity index (χ3v) is 2.66. The summed E-state index contributed by atoms with van der Waals surface area (Å²) in [5.41, 5.74) is 2.28. The molecular weight excluding hydrogens is 218 g/mol. The van der Waals surface area contributed by atoms with E-state index in [1.807, 2.05) is 35.1 Å². The summed E-state index contributed by atoms with van der Waals surface area (Å²) in [6, 6.07) is 6.02. The fourth-order valence-electron chi connectivity index (χ4n) is 1.71. The lowest BCUT2D eigenvalue weighted by molar-refractivity contribution is -0.0988. The SMILES string of the molecule is COC(CNCc1cnn2ccccc12)OC. The van der Waals surface area contributed by atoms with E-state index in [0.717, 1.165) is 17.6 Å². The van der Waals surface area contributed by atoms with Gasteiger partial charge in [0, 0.05) is 39.1 Å². The average Bonchev–Trinajstić information content (AvgIpc) is 2.78. The van der Waals surface area contributed by atoms with Gasteiger partial charge >= 0.3 is 0 Å². The molecule has 0 aliphatic heterocycles. The molecule has 1 N–H and O–H groups in total. The fourth-order valence-corrected chi connectivity index (χ4v) is 1.71. The van der Waals surface area contributed by atoms with E-state index in [1.165, 1.54) is 0 Å². The maximum atomic E-state index is 5.10. The van der Waals surface area contributed by atoms with Gasteiger partial charge in [0.1, 0.15) is 0 Å². The highest BCUT2D eigenvalue weighted by atomic mass is 16.7. The lowest BCUT2D eigenvalue weighted by Crippen LogP contribution is -2.29. The molecule has 17 heavy (non-hydrogen) atoms. The van der Waals surface area contributed by atoms with Crippen LogP contribution in [0.1, 0.15) is 5.56 Å². The van der Waals surface area contributed by atoms with Gasteiger partial charge in [-0.1, -0.05) is 6.07 Å². The van der Waals surface area contributed by atoms with Crippen molar-refractivity contribution >= 4 is 5.52 Å². The second kappa shape index (κ2) is 5.77. The molecule has 2 aromatic rings. The molecule has 5 heteroatoms. The molecule has 0 aromatic carbocycles. The first-order valence-electron chi connectivity index (χ1n) is 5.52. The lowest BCUT2D eigenvalue weighted by atomic mass is 10.2. The van der Waals surface area contributed by atoms with Crippen molar-refractivity contribution in [3.63, 3.8) is 0 Å². The van der Waals surface area contributed by atoms with E-state index in [-0.39, 0.29) is 6.29 Å². The Labute approximate surface area is 100 Å². The van der Waals surface area contributed by atoms with Gasteiger partial charge < -0.3 is 14.8 Å². The summed E-state index contributed by atoms with van der Waals surface area (Å²) >= 11 is 0. The molecule has 2 rings (SSSR count). The number of methoxy groups -OCH3 is 2. The number of nitrogens with zero attached hydrogens (tertiary/aromatic N) is 2. The van der Waals surface area contributed by atoms with Gasteiger partial charge in [0.15, 0.2) is 6.29 Å². The summed E-state index contributed by atoms with van der Waals surface area (Å²) in [6.45, 7) is 1.40. The standard InChI is InChI=1S/C12H17N3O2/c1-16-12(17-2)9-13-7-10-8-14-15-6-4-3-5-11(10)15/h3-6,8,12-13H,7,9H2,1-2H3. The Morgan fingerprint density at radius 3 is 2.94 bits per heavy atom. The first-order valence-corrected chi connectivity index (χ1v) is 5.52. The Kier molecular flexibility index (Phi) is 4.08. The number of fused-ring (bicyclic) bond motifs is 1. The molecule has 0 radical (unpaired) electrons. The van der Waals surface area contributed by atoms with Gasteiger partial charge in [-0.15, -0.1) is 0 Å². The molecular formula is C12H17N3O2. The monoisotopic (exact) mass is 235 g/mol. The van der Waals surface area contributed by atoms with Crippen LogP contribution in [0.5, 0.6) is 0 Å². The van der Waals surface area contributed by atoms with Gasteiger partial charge in [-0.3, -0.25) is 0 Å². The van der Waals surface area contributed by atoms with E-state index >= 15 is 0 Å². The molecule has 0 bridgehead atoms. The fraction of sp³-hybridized carbons (Fsp3) is 0.417. The minimum atomic E-state index is -0.211. The Morgan fingerprint density at radius 2 is 2.18 bits per heavy atom. The second-order valence-corrected chi connectivity index (χ2v) is 3.73. The molecule has 0 fully saturated rings. The summed E-state index contributed by atoms with van der Waals surface area (Å²) in [6.07, 6.45) is 3.60. The van der Waals surface area contributed by atoms with Gasteiger partial charge in [-0.05, 0) is 12.1 Å². The van der Waals surface area contributed by atoms with Crippen molar-refractivity contribution in [2.24, 2.45) is 0 Å². The Hall–Kier alpha value is -1.43. The van der Waals surface area contributed by atoms with Crippen LogP contribution in [-0.2, 0) is 16.0 Å². The van der Waals surface area contributed by atoms with E-state index in [2.05, 4.69) is 10.4 Å². The largest absolute Gasteiger partial charge is 0.355 e. The maximum Gasteiger partial charge on any atom is 0.169 e. The second-order valence-electron chi connectivity index (χ2n) is 3.73. The molecule has 0 saturated heterocycles. The van der Waals surface area contributed by atoms with Crippen molar-refractivity contribution in [1.29, 1.82) is 0 Å². The molecule has 0 saturated carbocycles. The third-order valence-electron chi connectivity index (χ3n) is 2.66.